The minimum absolute atomic E-state index is 0.934. The van der Waals surface area contributed by atoms with Gasteiger partial charge in [-0.05, 0) is 43.6 Å². The molecule has 1 aromatic rings. The van der Waals surface area contributed by atoms with Gasteiger partial charge in [-0.2, -0.15) is 0 Å². The first-order valence-corrected chi connectivity index (χ1v) is 5.10. The van der Waals surface area contributed by atoms with Gasteiger partial charge in [0.2, 0.25) is 0 Å². The topological polar surface area (TPSA) is 21.3 Å². The van der Waals surface area contributed by atoms with Gasteiger partial charge in [0.15, 0.2) is 0 Å². The molecule has 0 aromatic heterocycles. The van der Waals surface area contributed by atoms with Gasteiger partial charge in [0.25, 0.3) is 0 Å². The Morgan fingerprint density at radius 1 is 1.07 bits per heavy atom. The van der Waals surface area contributed by atoms with Crippen LogP contribution in [0.25, 0.3) is 0 Å². The van der Waals surface area contributed by atoms with E-state index in [1.54, 1.807) is 13.0 Å². The molecule has 1 N–H and O–H groups in total. The van der Waals surface area contributed by atoms with Crippen LogP contribution in [0.5, 0.6) is 5.75 Å². The lowest BCUT2D eigenvalue weighted by atomic mass is 9.90. The fourth-order valence-corrected chi connectivity index (χ4v) is 1.84. The number of hydrogen-bond acceptors (Lipinski definition) is 2. The number of ether oxygens (including phenoxy) is 1. The van der Waals surface area contributed by atoms with E-state index in [1.165, 1.54) is 18.4 Å². The first-order chi connectivity index (χ1) is 6.90. The van der Waals surface area contributed by atoms with Gasteiger partial charge in [0.05, 0.1) is 7.11 Å². The highest BCUT2D eigenvalue weighted by molar-refractivity contribution is 5.36. The molecule has 1 fully saturated rings. The van der Waals surface area contributed by atoms with Gasteiger partial charge in [-0.15, -0.1) is 0 Å². The van der Waals surface area contributed by atoms with Crippen LogP contribution in [-0.2, 0) is 0 Å². The number of nitrogens with one attached hydrogen (secondary N) is 1. The summed E-state index contributed by atoms with van der Waals surface area (Å²) in [6.45, 7) is 2.22. The molecule has 14 heavy (non-hydrogen) atoms. The van der Waals surface area contributed by atoms with Gasteiger partial charge in [-0.25, -0.2) is 0 Å². The third kappa shape index (κ3) is 2.07. The Labute approximate surface area is 85.3 Å². The van der Waals surface area contributed by atoms with Crippen molar-refractivity contribution in [1.29, 1.82) is 0 Å². The minimum Gasteiger partial charge on any atom is -0.497 e. The zero-order chi connectivity index (χ0) is 9.80. The Bertz CT molecular complexity index is 275. The normalized spacial score (nSPS) is 18.1. The molecule has 0 spiro atoms. The predicted molar refractivity (Wildman–Crippen MR) is 57.4 cm³/mol. The number of rotatable bonds is 2. The summed E-state index contributed by atoms with van der Waals surface area (Å²) in [6.07, 6.45) is 2.35. The standard InChI is InChI=1S/C12H16NO/c1-14-12-4-2-10(3-5-12)11-6-8-13-9-7-11/h2-5,13H,6-9H2,1H3. The van der Waals surface area contributed by atoms with Crippen LogP contribution in [-0.4, -0.2) is 20.2 Å². The van der Waals surface area contributed by atoms with E-state index in [0.29, 0.717) is 0 Å². The molecule has 0 amide bonds. The average molecular weight is 190 g/mol. The molecular weight excluding hydrogens is 174 g/mol. The van der Waals surface area contributed by atoms with E-state index in [2.05, 4.69) is 17.4 Å². The van der Waals surface area contributed by atoms with E-state index >= 15 is 0 Å². The number of hydrogen-bond donors (Lipinski definition) is 1. The summed E-state index contributed by atoms with van der Waals surface area (Å²) >= 11 is 0. The van der Waals surface area contributed by atoms with Crippen molar-refractivity contribution in [2.45, 2.75) is 12.8 Å². The van der Waals surface area contributed by atoms with E-state index < -0.39 is 0 Å². The summed E-state index contributed by atoms with van der Waals surface area (Å²) in [6, 6.07) is 8.37. The Morgan fingerprint density at radius 3 is 2.29 bits per heavy atom. The van der Waals surface area contributed by atoms with Crippen LogP contribution in [0.4, 0.5) is 0 Å². The molecule has 0 aliphatic carbocycles. The van der Waals surface area contributed by atoms with Gasteiger partial charge >= 0.3 is 0 Å². The molecule has 1 aliphatic rings. The molecule has 0 unspecified atom stereocenters. The van der Waals surface area contributed by atoms with Crippen molar-refractivity contribution in [1.82, 2.24) is 5.32 Å². The first kappa shape index (κ1) is 9.53. The molecule has 75 valence electrons. The Balaban J connectivity index is 2.07. The van der Waals surface area contributed by atoms with E-state index in [9.17, 15) is 0 Å². The summed E-state index contributed by atoms with van der Waals surface area (Å²) in [7, 11) is 1.70. The number of benzene rings is 1. The lowest BCUT2D eigenvalue weighted by molar-refractivity contribution is 0.414. The quantitative estimate of drug-likeness (QED) is 0.770. The van der Waals surface area contributed by atoms with Crippen molar-refractivity contribution in [3.8, 4) is 5.75 Å². The van der Waals surface area contributed by atoms with E-state index in [-0.39, 0.29) is 0 Å². The first-order valence-electron chi connectivity index (χ1n) is 5.10. The monoisotopic (exact) mass is 190 g/mol. The maximum Gasteiger partial charge on any atom is 0.118 e. The molecule has 0 bridgehead atoms. The summed E-state index contributed by atoms with van der Waals surface area (Å²) in [4.78, 5) is 0. The van der Waals surface area contributed by atoms with Crippen LogP contribution in [0.2, 0.25) is 0 Å². The summed E-state index contributed by atoms with van der Waals surface area (Å²) < 4.78 is 5.13. The van der Waals surface area contributed by atoms with Crippen molar-refractivity contribution in [3.63, 3.8) is 0 Å². The molecule has 0 atom stereocenters. The van der Waals surface area contributed by atoms with Crippen LogP contribution >= 0.6 is 0 Å². The second kappa shape index (κ2) is 4.47. The Morgan fingerprint density at radius 2 is 1.71 bits per heavy atom. The largest absolute Gasteiger partial charge is 0.497 e. The molecule has 2 heteroatoms. The zero-order valence-electron chi connectivity index (χ0n) is 8.55. The third-order valence-corrected chi connectivity index (χ3v) is 2.71. The smallest absolute Gasteiger partial charge is 0.118 e. The van der Waals surface area contributed by atoms with E-state index in [4.69, 9.17) is 4.74 Å². The van der Waals surface area contributed by atoms with Crippen LogP contribution in [0.3, 0.4) is 0 Å². The van der Waals surface area contributed by atoms with Crippen LogP contribution in [0.15, 0.2) is 24.3 Å². The van der Waals surface area contributed by atoms with Crippen LogP contribution in [0.1, 0.15) is 18.4 Å². The Hall–Kier alpha value is -1.02. The average Bonchev–Trinajstić information content (AvgIpc) is 2.30. The highest BCUT2D eigenvalue weighted by Crippen LogP contribution is 2.25. The molecule has 2 nitrogen and oxygen atoms in total. The minimum atomic E-state index is 0.934. The van der Waals surface area contributed by atoms with Crippen molar-refractivity contribution in [2.24, 2.45) is 0 Å². The van der Waals surface area contributed by atoms with Crippen molar-refractivity contribution in [2.75, 3.05) is 20.2 Å². The Kier molecular flexibility index (Phi) is 3.04. The van der Waals surface area contributed by atoms with Crippen LogP contribution in [0, 0.1) is 5.92 Å². The predicted octanol–water partition coefficient (Wildman–Crippen LogP) is 2.00. The maximum atomic E-state index is 5.13. The summed E-state index contributed by atoms with van der Waals surface area (Å²) in [5.74, 6) is 2.50. The highest BCUT2D eigenvalue weighted by atomic mass is 16.5. The van der Waals surface area contributed by atoms with Crippen molar-refractivity contribution >= 4 is 0 Å². The van der Waals surface area contributed by atoms with Crippen molar-refractivity contribution < 1.29 is 4.74 Å². The summed E-state index contributed by atoms with van der Waals surface area (Å²) in [5.41, 5.74) is 1.37. The highest BCUT2D eigenvalue weighted by Gasteiger charge is 2.15. The number of methoxy groups -OCH3 is 1. The second-order valence-corrected chi connectivity index (χ2v) is 3.58. The zero-order valence-corrected chi connectivity index (χ0v) is 8.55. The van der Waals surface area contributed by atoms with Gasteiger partial charge in [0, 0.05) is 5.92 Å². The van der Waals surface area contributed by atoms with Gasteiger partial charge < -0.3 is 10.1 Å². The van der Waals surface area contributed by atoms with Gasteiger partial charge in [0.1, 0.15) is 5.75 Å². The van der Waals surface area contributed by atoms with E-state index in [1.807, 2.05) is 12.1 Å². The fraction of sp³-hybridized carbons (Fsp3) is 0.417. The second-order valence-electron chi connectivity index (χ2n) is 3.58. The molecule has 1 aromatic carbocycles. The van der Waals surface area contributed by atoms with E-state index in [0.717, 1.165) is 18.8 Å². The lowest BCUT2D eigenvalue weighted by Crippen LogP contribution is -2.27. The SMILES string of the molecule is COc1ccc([C]2CCNCC2)cc1. The molecule has 2 rings (SSSR count). The molecule has 1 saturated heterocycles. The third-order valence-electron chi connectivity index (χ3n) is 2.71. The van der Waals surface area contributed by atoms with Crippen LogP contribution < -0.4 is 10.1 Å². The fourth-order valence-electron chi connectivity index (χ4n) is 1.84. The molecular formula is C12H16NO. The molecule has 1 heterocycles. The molecule has 0 saturated carbocycles. The summed E-state index contributed by atoms with van der Waals surface area (Å²) in [5, 5.41) is 3.36. The molecule has 1 aliphatic heterocycles. The molecule has 1 radical (unpaired) electrons. The van der Waals surface area contributed by atoms with Crippen molar-refractivity contribution in [3.05, 3.63) is 35.7 Å². The lowest BCUT2D eigenvalue weighted by Gasteiger charge is -2.22. The number of piperidine rings is 1. The maximum absolute atomic E-state index is 5.13. The van der Waals surface area contributed by atoms with Gasteiger partial charge in [-0.1, -0.05) is 12.1 Å². The van der Waals surface area contributed by atoms with Gasteiger partial charge in [-0.3, -0.25) is 0 Å².